The van der Waals surface area contributed by atoms with Crippen molar-refractivity contribution in [3.63, 3.8) is 0 Å². The van der Waals surface area contributed by atoms with E-state index in [1.165, 1.54) is 0 Å². The summed E-state index contributed by atoms with van der Waals surface area (Å²) in [7, 11) is 3.21. The second kappa shape index (κ2) is 10.7. The molecule has 0 saturated carbocycles. The van der Waals surface area contributed by atoms with Gasteiger partial charge >= 0.3 is 0 Å². The first kappa shape index (κ1) is 19.1. The van der Waals surface area contributed by atoms with Crippen molar-refractivity contribution in [3.8, 4) is 11.5 Å². The number of methoxy groups -OCH3 is 2. The first-order chi connectivity index (χ1) is 11.1. The quantitative estimate of drug-likeness (QED) is 0.522. The van der Waals surface area contributed by atoms with E-state index in [-0.39, 0.29) is 5.91 Å². The van der Waals surface area contributed by atoms with Crippen LogP contribution in [0.5, 0.6) is 11.5 Å². The third-order valence-corrected chi connectivity index (χ3v) is 3.48. The molecule has 1 aromatic rings. The van der Waals surface area contributed by atoms with Gasteiger partial charge in [-0.25, -0.2) is 0 Å². The van der Waals surface area contributed by atoms with Crippen molar-refractivity contribution in [2.45, 2.75) is 46.1 Å². The highest BCUT2D eigenvalue weighted by molar-refractivity contribution is 5.75. The van der Waals surface area contributed by atoms with Crippen LogP contribution in [-0.4, -0.2) is 20.1 Å². The molecule has 23 heavy (non-hydrogen) atoms. The molecule has 0 aromatic heterocycles. The van der Waals surface area contributed by atoms with Gasteiger partial charge in [0.2, 0.25) is 5.91 Å². The molecule has 0 unspecified atom stereocenters. The molecule has 0 radical (unpaired) electrons. The van der Waals surface area contributed by atoms with E-state index in [0.29, 0.717) is 30.4 Å². The third-order valence-electron chi connectivity index (χ3n) is 3.48. The van der Waals surface area contributed by atoms with Gasteiger partial charge in [0.1, 0.15) is 0 Å². The first-order valence-corrected chi connectivity index (χ1v) is 8.21. The highest BCUT2D eigenvalue weighted by atomic mass is 16.5. The molecule has 0 heterocycles. The van der Waals surface area contributed by atoms with Crippen LogP contribution in [-0.2, 0) is 11.3 Å². The van der Waals surface area contributed by atoms with E-state index < -0.39 is 0 Å². The van der Waals surface area contributed by atoms with Crippen molar-refractivity contribution in [1.82, 2.24) is 5.32 Å². The largest absolute Gasteiger partial charge is 0.493 e. The van der Waals surface area contributed by atoms with Crippen molar-refractivity contribution in [3.05, 3.63) is 35.9 Å². The predicted octanol–water partition coefficient (Wildman–Crippen LogP) is 4.09. The van der Waals surface area contributed by atoms with Gasteiger partial charge in [-0.1, -0.05) is 32.1 Å². The van der Waals surface area contributed by atoms with E-state index in [2.05, 4.69) is 31.3 Å². The lowest BCUT2D eigenvalue weighted by atomic mass is 10.1. The van der Waals surface area contributed by atoms with Gasteiger partial charge in [-0.05, 0) is 42.9 Å². The standard InChI is InChI=1S/C19H29NO3/c1-15(2)9-7-5-6-8-10-19(21)20-14-16-11-12-17(22-3)18(13-16)23-4/h7,9,11-13,15H,5-6,8,10,14H2,1-4H3,(H,20,21). The minimum atomic E-state index is 0.0904. The Bertz CT molecular complexity index is 509. The number of allylic oxidation sites excluding steroid dienone is 2. The smallest absolute Gasteiger partial charge is 0.220 e. The molecule has 0 aliphatic heterocycles. The van der Waals surface area contributed by atoms with Gasteiger partial charge in [0.25, 0.3) is 0 Å². The molecule has 4 heteroatoms. The molecule has 128 valence electrons. The van der Waals surface area contributed by atoms with E-state index >= 15 is 0 Å². The fraction of sp³-hybridized carbons (Fsp3) is 0.526. The Morgan fingerprint density at radius 2 is 1.91 bits per heavy atom. The van der Waals surface area contributed by atoms with Gasteiger partial charge in [0, 0.05) is 13.0 Å². The summed E-state index contributed by atoms with van der Waals surface area (Å²) in [5.74, 6) is 2.06. The molecule has 0 spiro atoms. The maximum absolute atomic E-state index is 11.8. The maximum Gasteiger partial charge on any atom is 0.220 e. The lowest BCUT2D eigenvalue weighted by Gasteiger charge is -2.10. The Hall–Kier alpha value is -1.97. The Labute approximate surface area is 139 Å². The maximum atomic E-state index is 11.8. The number of carbonyl (C=O) groups is 1. The van der Waals surface area contributed by atoms with Gasteiger partial charge < -0.3 is 14.8 Å². The summed E-state index contributed by atoms with van der Waals surface area (Å²) >= 11 is 0. The Balaban J connectivity index is 2.28. The Kier molecular flexibility index (Phi) is 8.88. The number of carbonyl (C=O) groups excluding carboxylic acids is 1. The molecule has 1 amide bonds. The number of rotatable bonds is 10. The average molecular weight is 319 g/mol. The minimum absolute atomic E-state index is 0.0904. The van der Waals surface area contributed by atoms with E-state index in [9.17, 15) is 4.79 Å². The van der Waals surface area contributed by atoms with Gasteiger partial charge in [0.15, 0.2) is 11.5 Å². The number of nitrogens with one attached hydrogen (secondary N) is 1. The van der Waals surface area contributed by atoms with E-state index in [1.807, 2.05) is 18.2 Å². The van der Waals surface area contributed by atoms with Crippen LogP contribution < -0.4 is 14.8 Å². The van der Waals surface area contributed by atoms with Crippen molar-refractivity contribution in [2.24, 2.45) is 5.92 Å². The summed E-state index contributed by atoms with van der Waals surface area (Å²) in [6.07, 6.45) is 7.99. The topological polar surface area (TPSA) is 47.6 Å². The van der Waals surface area contributed by atoms with Gasteiger partial charge in [0.05, 0.1) is 14.2 Å². The molecule has 0 aliphatic carbocycles. The molecule has 0 bridgehead atoms. The molecule has 0 saturated heterocycles. The fourth-order valence-electron chi connectivity index (χ4n) is 2.20. The van der Waals surface area contributed by atoms with Crippen molar-refractivity contribution in [2.75, 3.05) is 14.2 Å². The first-order valence-electron chi connectivity index (χ1n) is 8.21. The zero-order chi connectivity index (χ0) is 17.1. The molecule has 0 atom stereocenters. The van der Waals surface area contributed by atoms with Crippen molar-refractivity contribution < 1.29 is 14.3 Å². The van der Waals surface area contributed by atoms with E-state index in [1.54, 1.807) is 14.2 Å². The van der Waals surface area contributed by atoms with Crippen LogP contribution in [0, 0.1) is 5.92 Å². The molecule has 4 nitrogen and oxygen atoms in total. The van der Waals surface area contributed by atoms with Crippen LogP contribution in [0.3, 0.4) is 0 Å². The Morgan fingerprint density at radius 3 is 2.57 bits per heavy atom. The van der Waals surface area contributed by atoms with E-state index in [4.69, 9.17) is 9.47 Å². The lowest BCUT2D eigenvalue weighted by molar-refractivity contribution is -0.121. The highest BCUT2D eigenvalue weighted by Crippen LogP contribution is 2.27. The lowest BCUT2D eigenvalue weighted by Crippen LogP contribution is -2.22. The fourth-order valence-corrected chi connectivity index (χ4v) is 2.20. The van der Waals surface area contributed by atoms with Gasteiger partial charge in [-0.2, -0.15) is 0 Å². The number of ether oxygens (including phenoxy) is 2. The second-order valence-electron chi connectivity index (χ2n) is 5.88. The van der Waals surface area contributed by atoms with Gasteiger partial charge in [-0.15, -0.1) is 0 Å². The number of hydrogen-bond donors (Lipinski definition) is 1. The molecule has 1 rings (SSSR count). The summed E-state index contributed by atoms with van der Waals surface area (Å²) in [5.41, 5.74) is 0.996. The summed E-state index contributed by atoms with van der Waals surface area (Å²) in [6, 6.07) is 5.66. The minimum Gasteiger partial charge on any atom is -0.493 e. The van der Waals surface area contributed by atoms with Crippen LogP contribution in [0.2, 0.25) is 0 Å². The third kappa shape index (κ3) is 7.73. The SMILES string of the molecule is COc1ccc(CNC(=O)CCCCC=CC(C)C)cc1OC. The molecule has 1 N–H and O–H groups in total. The summed E-state index contributed by atoms with van der Waals surface area (Å²) in [6.45, 7) is 4.84. The average Bonchev–Trinajstić information content (AvgIpc) is 2.55. The van der Waals surface area contributed by atoms with Crippen LogP contribution in [0.4, 0.5) is 0 Å². The van der Waals surface area contributed by atoms with Crippen LogP contribution in [0.15, 0.2) is 30.4 Å². The van der Waals surface area contributed by atoms with Gasteiger partial charge in [-0.3, -0.25) is 4.79 Å². The highest BCUT2D eigenvalue weighted by Gasteiger charge is 2.06. The predicted molar refractivity (Wildman–Crippen MR) is 93.8 cm³/mol. The van der Waals surface area contributed by atoms with Crippen LogP contribution >= 0.6 is 0 Å². The molecule has 0 aliphatic rings. The van der Waals surface area contributed by atoms with Crippen LogP contribution in [0.25, 0.3) is 0 Å². The zero-order valence-electron chi connectivity index (χ0n) is 14.7. The van der Waals surface area contributed by atoms with Crippen molar-refractivity contribution in [1.29, 1.82) is 0 Å². The molecular weight excluding hydrogens is 290 g/mol. The number of hydrogen-bond acceptors (Lipinski definition) is 3. The Morgan fingerprint density at radius 1 is 1.17 bits per heavy atom. The normalized spacial score (nSPS) is 11.0. The number of benzene rings is 1. The monoisotopic (exact) mass is 319 g/mol. The molecule has 0 fully saturated rings. The summed E-state index contributed by atoms with van der Waals surface area (Å²) in [4.78, 5) is 11.8. The molecular formula is C19H29NO3. The van der Waals surface area contributed by atoms with E-state index in [0.717, 1.165) is 24.8 Å². The zero-order valence-corrected chi connectivity index (χ0v) is 14.7. The second-order valence-corrected chi connectivity index (χ2v) is 5.88. The van der Waals surface area contributed by atoms with Crippen LogP contribution in [0.1, 0.15) is 45.1 Å². The summed E-state index contributed by atoms with van der Waals surface area (Å²) in [5, 5.41) is 2.94. The summed E-state index contributed by atoms with van der Waals surface area (Å²) < 4.78 is 10.5. The molecule has 1 aromatic carbocycles. The number of unbranched alkanes of at least 4 members (excludes halogenated alkanes) is 2. The van der Waals surface area contributed by atoms with Crippen molar-refractivity contribution >= 4 is 5.91 Å². The number of amides is 1.